The van der Waals surface area contributed by atoms with Crippen LogP contribution in [0.1, 0.15) is 76.8 Å². The molecule has 2 N–H and O–H groups in total. The Bertz CT molecular complexity index is 831. The van der Waals surface area contributed by atoms with E-state index in [0.717, 1.165) is 34.9 Å². The lowest BCUT2D eigenvalue weighted by molar-refractivity contribution is 0.414. The highest BCUT2D eigenvalue weighted by Gasteiger charge is 2.11. The number of nitrogens with zero attached hydrogens (tertiary/aromatic N) is 1. The number of hydrogen-bond donors (Lipinski definition) is 2. The van der Waals surface area contributed by atoms with Crippen molar-refractivity contribution in [2.75, 3.05) is 7.11 Å². The fraction of sp³-hybridized carbons (Fsp3) is 0.480. The number of H-pyrrole nitrogens is 2. The largest absolute Gasteiger partial charge is 0.494 e. The Labute approximate surface area is 187 Å². The number of aromatic nitrogens is 2. The van der Waals surface area contributed by atoms with Crippen molar-refractivity contribution in [1.82, 2.24) is 9.97 Å². The molecule has 0 unspecified atom stereocenters. The third-order valence-electron chi connectivity index (χ3n) is 5.47. The molecule has 0 fully saturated rings. The van der Waals surface area contributed by atoms with Crippen LogP contribution in [-0.4, -0.2) is 22.8 Å². The summed E-state index contributed by atoms with van der Waals surface area (Å²) >= 11 is 0. The van der Waals surface area contributed by atoms with E-state index in [2.05, 4.69) is 35.1 Å². The number of nitrogens with one attached hydrogen (secondary N) is 2. The van der Waals surface area contributed by atoms with Gasteiger partial charge in [-0.25, -0.2) is 0 Å². The van der Waals surface area contributed by atoms with Crippen molar-refractivity contribution in [3.63, 3.8) is 0 Å². The molecule has 30 heavy (non-hydrogen) atoms. The molecule has 0 bridgehead atoms. The summed E-state index contributed by atoms with van der Waals surface area (Å²) in [7, 11) is 1.70. The second kappa shape index (κ2) is 13.2. The van der Waals surface area contributed by atoms with Gasteiger partial charge in [0, 0.05) is 18.0 Å². The zero-order valence-corrected chi connectivity index (χ0v) is 19.2. The number of ether oxygens (including phenoxy) is 1. The highest BCUT2D eigenvalue weighted by Crippen LogP contribution is 2.29. The monoisotopic (exact) mass is 429 g/mol. The molecule has 3 heterocycles. The summed E-state index contributed by atoms with van der Waals surface area (Å²) in [4.78, 5) is 11.4. The minimum absolute atomic E-state index is 0. The van der Waals surface area contributed by atoms with E-state index in [9.17, 15) is 0 Å². The topological polar surface area (TPSA) is 53.2 Å². The number of allylic oxidation sites excluding steroid dienone is 2. The molecular formula is C25H36ClN3O. The van der Waals surface area contributed by atoms with Gasteiger partial charge in [0.2, 0.25) is 0 Å². The van der Waals surface area contributed by atoms with Gasteiger partial charge in [0.15, 0.2) is 0 Å². The first-order chi connectivity index (χ1) is 14.3. The summed E-state index contributed by atoms with van der Waals surface area (Å²) in [5, 5.41) is 0. The van der Waals surface area contributed by atoms with Crippen LogP contribution in [0.25, 0.3) is 17.5 Å². The first-order valence-electron chi connectivity index (χ1n) is 11.2. The van der Waals surface area contributed by atoms with E-state index in [1.54, 1.807) is 7.11 Å². The highest BCUT2D eigenvalue weighted by molar-refractivity contribution is 5.99. The molecule has 0 saturated carbocycles. The maximum atomic E-state index is 5.53. The molecule has 0 aliphatic carbocycles. The first kappa shape index (κ1) is 24.1. The summed E-state index contributed by atoms with van der Waals surface area (Å²) in [5.41, 5.74) is 5.18. The highest BCUT2D eigenvalue weighted by atomic mass is 35.5. The van der Waals surface area contributed by atoms with E-state index in [0.29, 0.717) is 0 Å². The van der Waals surface area contributed by atoms with Crippen molar-refractivity contribution in [2.45, 2.75) is 71.1 Å². The molecule has 0 saturated heterocycles. The number of rotatable bonds is 13. The molecule has 1 aliphatic heterocycles. The zero-order chi connectivity index (χ0) is 20.3. The average Bonchev–Trinajstić information content (AvgIpc) is 3.48. The Balaban J connectivity index is 0.00000320. The molecule has 5 heteroatoms. The van der Waals surface area contributed by atoms with Gasteiger partial charge in [-0.1, -0.05) is 58.3 Å². The average molecular weight is 430 g/mol. The summed E-state index contributed by atoms with van der Waals surface area (Å²) in [6.45, 7) is 2.27. The van der Waals surface area contributed by atoms with Gasteiger partial charge in [-0.15, -0.1) is 12.4 Å². The number of aliphatic imine (C=N–C) groups is 1. The zero-order valence-electron chi connectivity index (χ0n) is 18.4. The van der Waals surface area contributed by atoms with Gasteiger partial charge < -0.3 is 14.7 Å². The molecule has 1 aliphatic rings. The number of aromatic amines is 2. The number of halogens is 1. The van der Waals surface area contributed by atoms with Crippen molar-refractivity contribution >= 4 is 24.2 Å². The van der Waals surface area contributed by atoms with Crippen molar-refractivity contribution < 1.29 is 4.74 Å². The van der Waals surface area contributed by atoms with Crippen LogP contribution in [0.5, 0.6) is 5.75 Å². The predicted molar refractivity (Wildman–Crippen MR) is 131 cm³/mol. The Hall–Kier alpha value is -2.20. The van der Waals surface area contributed by atoms with E-state index in [4.69, 9.17) is 9.73 Å². The van der Waals surface area contributed by atoms with Crippen molar-refractivity contribution in [3.05, 3.63) is 47.9 Å². The quantitative estimate of drug-likeness (QED) is 0.314. The van der Waals surface area contributed by atoms with Crippen LogP contribution in [0.15, 0.2) is 47.2 Å². The normalized spacial score (nSPS) is 14.2. The molecule has 0 spiro atoms. The van der Waals surface area contributed by atoms with Gasteiger partial charge in [-0.05, 0) is 43.2 Å². The van der Waals surface area contributed by atoms with E-state index < -0.39 is 0 Å². The summed E-state index contributed by atoms with van der Waals surface area (Å²) in [6.07, 6.45) is 21.5. The van der Waals surface area contributed by atoms with Crippen molar-refractivity contribution in [1.29, 1.82) is 0 Å². The molecule has 164 valence electrons. The molecule has 2 aromatic heterocycles. The number of methoxy groups -OCH3 is 1. The van der Waals surface area contributed by atoms with Crippen LogP contribution in [0, 0.1) is 0 Å². The second-order valence-electron chi connectivity index (χ2n) is 7.83. The fourth-order valence-electron chi connectivity index (χ4n) is 3.78. The predicted octanol–water partition coefficient (Wildman–Crippen LogP) is 7.71. The third-order valence-corrected chi connectivity index (χ3v) is 5.47. The van der Waals surface area contributed by atoms with Gasteiger partial charge in [0.05, 0.1) is 29.9 Å². The Kier molecular flexibility index (Phi) is 10.6. The van der Waals surface area contributed by atoms with E-state index in [-0.39, 0.29) is 12.4 Å². The Morgan fingerprint density at radius 1 is 0.967 bits per heavy atom. The maximum Gasteiger partial charge on any atom is 0.144 e. The fourth-order valence-corrected chi connectivity index (χ4v) is 3.78. The number of unbranched alkanes of at least 4 members (excludes halogenated alkanes) is 8. The van der Waals surface area contributed by atoms with Gasteiger partial charge in [-0.3, -0.25) is 4.99 Å². The third kappa shape index (κ3) is 7.24. The molecule has 3 rings (SSSR count). The Morgan fingerprint density at radius 3 is 2.37 bits per heavy atom. The van der Waals surface area contributed by atoms with Gasteiger partial charge in [0.25, 0.3) is 0 Å². The minimum atomic E-state index is 0. The SMILES string of the molecule is CCCCCCCCCCCC1=NC(=Cc2[nH]c(-c3ccc[nH]3)cc2OC)C=C1.Cl. The minimum Gasteiger partial charge on any atom is -0.494 e. The first-order valence-corrected chi connectivity index (χ1v) is 11.2. The van der Waals surface area contributed by atoms with Crippen LogP contribution in [0.4, 0.5) is 0 Å². The lowest BCUT2D eigenvalue weighted by atomic mass is 10.1. The molecule has 0 radical (unpaired) electrons. The van der Waals surface area contributed by atoms with Crippen molar-refractivity contribution in [2.24, 2.45) is 4.99 Å². The molecule has 2 aromatic rings. The van der Waals surface area contributed by atoms with Gasteiger partial charge in [0.1, 0.15) is 5.75 Å². The van der Waals surface area contributed by atoms with Crippen LogP contribution < -0.4 is 4.74 Å². The standard InChI is InChI=1S/C25H35N3O.ClH/c1-3-4-5-6-7-8-9-10-11-13-20-15-16-21(27-20)18-24-25(29-2)19-23(28-24)22-14-12-17-26-22;/h12,14-19,26,28H,3-11,13H2,1-2H3;1H. The van der Waals surface area contributed by atoms with E-state index >= 15 is 0 Å². The molecule has 0 amide bonds. The summed E-state index contributed by atoms with van der Waals surface area (Å²) < 4.78 is 5.53. The van der Waals surface area contributed by atoms with Crippen LogP contribution in [0.3, 0.4) is 0 Å². The smallest absolute Gasteiger partial charge is 0.144 e. The second-order valence-corrected chi connectivity index (χ2v) is 7.83. The van der Waals surface area contributed by atoms with Gasteiger partial charge in [-0.2, -0.15) is 0 Å². The molecule has 4 nitrogen and oxygen atoms in total. The molecular weight excluding hydrogens is 394 g/mol. The van der Waals surface area contributed by atoms with Gasteiger partial charge >= 0.3 is 0 Å². The lowest BCUT2D eigenvalue weighted by Gasteiger charge is -2.02. The number of hydrogen-bond acceptors (Lipinski definition) is 2. The molecule has 0 atom stereocenters. The van der Waals surface area contributed by atoms with Crippen LogP contribution >= 0.6 is 12.4 Å². The van der Waals surface area contributed by atoms with Crippen LogP contribution in [0.2, 0.25) is 0 Å². The Morgan fingerprint density at radius 2 is 1.70 bits per heavy atom. The summed E-state index contributed by atoms with van der Waals surface area (Å²) in [6, 6.07) is 6.05. The molecule has 0 aromatic carbocycles. The van der Waals surface area contributed by atoms with Crippen LogP contribution in [-0.2, 0) is 0 Å². The maximum absolute atomic E-state index is 5.53. The summed E-state index contributed by atoms with van der Waals surface area (Å²) in [5.74, 6) is 0.832. The van der Waals surface area contributed by atoms with E-state index in [1.165, 1.54) is 63.5 Å². The lowest BCUT2D eigenvalue weighted by Crippen LogP contribution is -1.90. The van der Waals surface area contributed by atoms with Crippen molar-refractivity contribution in [3.8, 4) is 17.1 Å². The van der Waals surface area contributed by atoms with E-state index in [1.807, 2.05) is 24.4 Å².